The maximum atomic E-state index is 6.32. The molecule has 0 radical (unpaired) electrons. The molecule has 1 saturated carbocycles. The first-order valence-electron chi connectivity index (χ1n) is 7.34. The average Bonchev–Trinajstić information content (AvgIpc) is 2.37. The summed E-state index contributed by atoms with van der Waals surface area (Å²) in [6.45, 7) is 9.03. The highest BCUT2D eigenvalue weighted by molar-refractivity contribution is 9.08. The van der Waals surface area contributed by atoms with E-state index in [0.717, 1.165) is 22.9 Å². The third kappa shape index (κ3) is 3.53. The van der Waals surface area contributed by atoms with Gasteiger partial charge in [-0.25, -0.2) is 0 Å². The molecule has 1 aliphatic carbocycles. The van der Waals surface area contributed by atoms with Crippen LogP contribution in [0.4, 0.5) is 0 Å². The number of benzene rings is 1. The molecule has 0 spiro atoms. The second-order valence-corrected chi connectivity index (χ2v) is 6.76. The first-order chi connectivity index (χ1) is 9.01. The largest absolute Gasteiger partial charge is 0.490 e. The maximum absolute atomic E-state index is 6.32. The van der Waals surface area contributed by atoms with E-state index in [1.54, 1.807) is 0 Å². The number of aryl methyl sites for hydroxylation is 2. The first-order valence-corrected chi connectivity index (χ1v) is 8.46. The normalized spacial score (nSPS) is 27.3. The summed E-state index contributed by atoms with van der Waals surface area (Å²) >= 11 is 3.52. The molecule has 3 unspecified atom stereocenters. The van der Waals surface area contributed by atoms with Crippen LogP contribution < -0.4 is 4.74 Å². The standard InChI is InChI=1S/C17H25BrO/c1-11-5-6-16(9-12(11)2)19-17-13(3)7-15(10-18)8-14(17)4/h7-8,11-12,16H,5-6,9-10H2,1-4H3. The van der Waals surface area contributed by atoms with Crippen LogP contribution in [0.2, 0.25) is 0 Å². The minimum atomic E-state index is 0.401. The summed E-state index contributed by atoms with van der Waals surface area (Å²) in [6.07, 6.45) is 4.09. The van der Waals surface area contributed by atoms with Crippen LogP contribution in [0.3, 0.4) is 0 Å². The van der Waals surface area contributed by atoms with Gasteiger partial charge in [-0.3, -0.25) is 0 Å². The molecule has 1 nitrogen and oxygen atoms in total. The molecule has 3 atom stereocenters. The van der Waals surface area contributed by atoms with Gasteiger partial charge in [0.1, 0.15) is 5.75 Å². The molecule has 106 valence electrons. The van der Waals surface area contributed by atoms with Crippen LogP contribution in [0, 0.1) is 25.7 Å². The Morgan fingerprint density at radius 2 is 1.74 bits per heavy atom. The zero-order valence-electron chi connectivity index (χ0n) is 12.5. The van der Waals surface area contributed by atoms with Gasteiger partial charge in [0, 0.05) is 5.33 Å². The zero-order chi connectivity index (χ0) is 14.0. The molecule has 0 amide bonds. The molecule has 0 bridgehead atoms. The van der Waals surface area contributed by atoms with Crippen molar-refractivity contribution in [2.45, 2.75) is 58.4 Å². The van der Waals surface area contributed by atoms with Gasteiger partial charge in [-0.05, 0) is 61.6 Å². The van der Waals surface area contributed by atoms with E-state index in [0.29, 0.717) is 6.10 Å². The van der Waals surface area contributed by atoms with Crippen molar-refractivity contribution in [2.75, 3.05) is 0 Å². The number of hydrogen-bond acceptors (Lipinski definition) is 1. The summed E-state index contributed by atoms with van der Waals surface area (Å²) in [5.74, 6) is 2.73. The smallest absolute Gasteiger partial charge is 0.125 e. The molecule has 0 N–H and O–H groups in total. The van der Waals surface area contributed by atoms with E-state index in [2.05, 4.69) is 55.8 Å². The Morgan fingerprint density at radius 3 is 2.26 bits per heavy atom. The lowest BCUT2D eigenvalue weighted by Crippen LogP contribution is -2.29. The number of alkyl halides is 1. The molecule has 1 aromatic carbocycles. The highest BCUT2D eigenvalue weighted by Gasteiger charge is 2.26. The van der Waals surface area contributed by atoms with Crippen molar-refractivity contribution < 1.29 is 4.74 Å². The topological polar surface area (TPSA) is 9.23 Å². The van der Waals surface area contributed by atoms with Crippen molar-refractivity contribution in [2.24, 2.45) is 11.8 Å². The van der Waals surface area contributed by atoms with E-state index in [4.69, 9.17) is 4.74 Å². The highest BCUT2D eigenvalue weighted by atomic mass is 79.9. The van der Waals surface area contributed by atoms with Gasteiger partial charge in [0.05, 0.1) is 6.10 Å². The first kappa shape index (κ1) is 14.9. The van der Waals surface area contributed by atoms with Crippen molar-refractivity contribution in [1.82, 2.24) is 0 Å². The maximum Gasteiger partial charge on any atom is 0.125 e. The molecular weight excluding hydrogens is 300 g/mol. The molecule has 19 heavy (non-hydrogen) atoms. The SMILES string of the molecule is Cc1cc(CBr)cc(C)c1OC1CCC(C)C(C)C1. The fourth-order valence-corrected chi connectivity index (χ4v) is 3.40. The molecule has 0 heterocycles. The van der Waals surface area contributed by atoms with Crippen molar-refractivity contribution in [3.8, 4) is 5.75 Å². The number of hydrogen-bond donors (Lipinski definition) is 0. The third-order valence-electron chi connectivity index (χ3n) is 4.51. The van der Waals surface area contributed by atoms with Crippen LogP contribution in [0.1, 0.15) is 49.8 Å². The Labute approximate surface area is 125 Å². The molecule has 1 aliphatic rings. The Kier molecular flexibility index (Phi) is 4.94. The van der Waals surface area contributed by atoms with Crippen LogP contribution in [0.15, 0.2) is 12.1 Å². The van der Waals surface area contributed by atoms with Crippen molar-refractivity contribution >= 4 is 15.9 Å². The average molecular weight is 325 g/mol. The number of halogens is 1. The molecule has 2 rings (SSSR count). The lowest BCUT2D eigenvalue weighted by molar-refractivity contribution is 0.0993. The Balaban J connectivity index is 2.11. The lowest BCUT2D eigenvalue weighted by atomic mass is 9.80. The summed E-state index contributed by atoms with van der Waals surface area (Å²) in [4.78, 5) is 0. The summed E-state index contributed by atoms with van der Waals surface area (Å²) < 4.78 is 6.32. The molecule has 2 heteroatoms. The van der Waals surface area contributed by atoms with Gasteiger partial charge in [0.15, 0.2) is 0 Å². The monoisotopic (exact) mass is 324 g/mol. The van der Waals surface area contributed by atoms with Gasteiger partial charge in [-0.15, -0.1) is 0 Å². The molecular formula is C17H25BrO. The fourth-order valence-electron chi connectivity index (χ4n) is 3.07. The number of rotatable bonds is 3. The summed E-state index contributed by atoms with van der Waals surface area (Å²) in [5, 5.41) is 0.910. The van der Waals surface area contributed by atoms with Gasteiger partial charge in [0.2, 0.25) is 0 Å². The summed E-state index contributed by atoms with van der Waals surface area (Å²) in [6, 6.07) is 4.46. The van der Waals surface area contributed by atoms with E-state index in [1.165, 1.54) is 36.0 Å². The van der Waals surface area contributed by atoms with E-state index in [9.17, 15) is 0 Å². The predicted molar refractivity (Wildman–Crippen MR) is 85.1 cm³/mol. The van der Waals surface area contributed by atoms with E-state index in [1.807, 2.05) is 0 Å². The van der Waals surface area contributed by atoms with Crippen LogP contribution in [-0.2, 0) is 5.33 Å². The van der Waals surface area contributed by atoms with Gasteiger partial charge in [-0.1, -0.05) is 41.9 Å². The molecule has 0 aliphatic heterocycles. The van der Waals surface area contributed by atoms with Gasteiger partial charge in [-0.2, -0.15) is 0 Å². The van der Waals surface area contributed by atoms with Crippen molar-refractivity contribution in [3.05, 3.63) is 28.8 Å². The van der Waals surface area contributed by atoms with Crippen LogP contribution in [0.25, 0.3) is 0 Å². The van der Waals surface area contributed by atoms with E-state index < -0.39 is 0 Å². The molecule has 1 fully saturated rings. The Bertz CT molecular complexity index is 418. The minimum absolute atomic E-state index is 0.401. The zero-order valence-corrected chi connectivity index (χ0v) is 14.1. The Morgan fingerprint density at radius 1 is 1.11 bits per heavy atom. The van der Waals surface area contributed by atoms with E-state index >= 15 is 0 Å². The fraction of sp³-hybridized carbons (Fsp3) is 0.647. The summed E-state index contributed by atoms with van der Waals surface area (Å²) in [5.41, 5.74) is 3.86. The van der Waals surface area contributed by atoms with Crippen LogP contribution >= 0.6 is 15.9 Å². The molecule has 0 saturated heterocycles. The second kappa shape index (κ2) is 6.30. The van der Waals surface area contributed by atoms with Crippen LogP contribution in [-0.4, -0.2) is 6.10 Å². The molecule has 0 aromatic heterocycles. The van der Waals surface area contributed by atoms with Crippen molar-refractivity contribution in [1.29, 1.82) is 0 Å². The minimum Gasteiger partial charge on any atom is -0.490 e. The third-order valence-corrected chi connectivity index (χ3v) is 5.16. The highest BCUT2D eigenvalue weighted by Crippen LogP contribution is 2.34. The van der Waals surface area contributed by atoms with Gasteiger partial charge in [0.25, 0.3) is 0 Å². The molecule has 1 aromatic rings. The Hall–Kier alpha value is -0.500. The number of ether oxygens (including phenoxy) is 1. The quantitative estimate of drug-likeness (QED) is 0.676. The van der Waals surface area contributed by atoms with Crippen LogP contribution in [0.5, 0.6) is 5.75 Å². The second-order valence-electron chi connectivity index (χ2n) is 6.20. The lowest BCUT2D eigenvalue weighted by Gasteiger charge is -2.33. The van der Waals surface area contributed by atoms with Gasteiger partial charge >= 0.3 is 0 Å². The summed E-state index contributed by atoms with van der Waals surface area (Å²) in [7, 11) is 0. The predicted octanol–water partition coefficient (Wildman–Crippen LogP) is 5.40. The van der Waals surface area contributed by atoms with Gasteiger partial charge < -0.3 is 4.74 Å². The van der Waals surface area contributed by atoms with E-state index in [-0.39, 0.29) is 0 Å². The van der Waals surface area contributed by atoms with Crippen molar-refractivity contribution in [3.63, 3.8) is 0 Å².